The first-order valence-corrected chi connectivity index (χ1v) is 10.9. The SMILES string of the molecule is Cc1ccc(NC(=O)[C@@H](CCCN)NC(=O)Nc2ccc3c(c2)Cc2ccccc2-3)cc1. The van der Waals surface area contributed by atoms with E-state index in [-0.39, 0.29) is 5.91 Å². The van der Waals surface area contributed by atoms with Crippen molar-refractivity contribution in [1.82, 2.24) is 5.32 Å². The number of nitrogens with two attached hydrogens (primary N) is 1. The fraction of sp³-hybridized carbons (Fsp3) is 0.231. The van der Waals surface area contributed by atoms with Crippen LogP contribution in [0.1, 0.15) is 29.5 Å². The first-order valence-electron chi connectivity index (χ1n) is 10.9. The summed E-state index contributed by atoms with van der Waals surface area (Å²) in [5.74, 6) is -0.262. The normalized spacial score (nSPS) is 12.4. The van der Waals surface area contributed by atoms with Crippen molar-refractivity contribution >= 4 is 23.3 Å². The molecule has 0 spiro atoms. The number of carbonyl (C=O) groups excluding carboxylic acids is 2. The maximum absolute atomic E-state index is 12.8. The van der Waals surface area contributed by atoms with Crippen molar-refractivity contribution in [2.45, 2.75) is 32.2 Å². The van der Waals surface area contributed by atoms with E-state index >= 15 is 0 Å². The Balaban J connectivity index is 1.40. The largest absolute Gasteiger partial charge is 0.330 e. The van der Waals surface area contributed by atoms with Crippen LogP contribution >= 0.6 is 0 Å². The zero-order chi connectivity index (χ0) is 22.5. The highest BCUT2D eigenvalue weighted by Crippen LogP contribution is 2.37. The second kappa shape index (κ2) is 9.66. The average Bonchev–Trinajstić information content (AvgIpc) is 3.15. The quantitative estimate of drug-likeness (QED) is 0.350. The van der Waals surface area contributed by atoms with Crippen molar-refractivity contribution in [1.29, 1.82) is 0 Å². The van der Waals surface area contributed by atoms with Crippen molar-refractivity contribution in [3.05, 3.63) is 83.4 Å². The number of rotatable bonds is 7. The van der Waals surface area contributed by atoms with E-state index in [1.807, 2.05) is 61.5 Å². The topological polar surface area (TPSA) is 96.2 Å². The number of aryl methyl sites for hydroxylation is 1. The first kappa shape index (κ1) is 21.6. The molecular weight excluding hydrogens is 400 g/mol. The lowest BCUT2D eigenvalue weighted by Gasteiger charge is -2.19. The summed E-state index contributed by atoms with van der Waals surface area (Å²) in [6.45, 7) is 2.43. The van der Waals surface area contributed by atoms with E-state index in [9.17, 15) is 9.59 Å². The predicted octanol–water partition coefficient (Wildman–Crippen LogP) is 4.43. The summed E-state index contributed by atoms with van der Waals surface area (Å²) in [7, 11) is 0. The molecule has 3 aromatic carbocycles. The molecule has 0 saturated heterocycles. The molecule has 0 saturated carbocycles. The van der Waals surface area contributed by atoms with Gasteiger partial charge >= 0.3 is 6.03 Å². The van der Waals surface area contributed by atoms with Gasteiger partial charge in [0.15, 0.2) is 0 Å². The zero-order valence-electron chi connectivity index (χ0n) is 18.2. The summed E-state index contributed by atoms with van der Waals surface area (Å²) in [6, 6.07) is 20.7. The van der Waals surface area contributed by atoms with Gasteiger partial charge in [0.1, 0.15) is 6.04 Å². The van der Waals surface area contributed by atoms with Gasteiger partial charge in [-0.1, -0.05) is 48.0 Å². The molecule has 5 N–H and O–H groups in total. The minimum absolute atomic E-state index is 0.262. The molecule has 164 valence electrons. The summed E-state index contributed by atoms with van der Waals surface area (Å²) >= 11 is 0. The molecule has 0 aromatic heterocycles. The molecule has 0 heterocycles. The number of fused-ring (bicyclic) bond motifs is 3. The molecule has 1 aliphatic rings. The van der Waals surface area contributed by atoms with Crippen LogP contribution in [0.2, 0.25) is 0 Å². The third kappa shape index (κ3) is 4.98. The van der Waals surface area contributed by atoms with Gasteiger partial charge in [0.25, 0.3) is 0 Å². The Kier molecular flexibility index (Phi) is 6.52. The van der Waals surface area contributed by atoms with Crippen LogP contribution < -0.4 is 21.7 Å². The van der Waals surface area contributed by atoms with Crippen molar-refractivity contribution < 1.29 is 9.59 Å². The van der Waals surface area contributed by atoms with Gasteiger partial charge in [-0.25, -0.2) is 4.79 Å². The van der Waals surface area contributed by atoms with Gasteiger partial charge in [0, 0.05) is 11.4 Å². The van der Waals surface area contributed by atoms with Crippen LogP contribution in [0.5, 0.6) is 0 Å². The molecule has 0 aliphatic heterocycles. The van der Waals surface area contributed by atoms with Crippen molar-refractivity contribution in [3.8, 4) is 11.1 Å². The third-order valence-electron chi connectivity index (χ3n) is 5.69. The van der Waals surface area contributed by atoms with E-state index in [1.54, 1.807) is 0 Å². The van der Waals surface area contributed by atoms with Crippen molar-refractivity contribution in [3.63, 3.8) is 0 Å². The fourth-order valence-electron chi connectivity index (χ4n) is 4.01. The average molecular weight is 429 g/mol. The summed E-state index contributed by atoms with van der Waals surface area (Å²) in [4.78, 5) is 25.4. The molecule has 0 radical (unpaired) electrons. The molecule has 1 aliphatic carbocycles. The Hall–Kier alpha value is -3.64. The fourth-order valence-corrected chi connectivity index (χ4v) is 4.01. The highest BCUT2D eigenvalue weighted by atomic mass is 16.2. The number of amides is 3. The van der Waals surface area contributed by atoms with Gasteiger partial charge in [-0.05, 0) is 79.3 Å². The Bertz CT molecular complexity index is 1120. The molecule has 6 heteroatoms. The standard InChI is InChI=1S/C26H28N4O2/c1-17-8-10-20(11-9-17)28-25(31)24(7-4-14-27)30-26(32)29-21-12-13-23-19(16-21)15-18-5-2-3-6-22(18)23/h2-3,5-6,8-13,16,24H,4,7,14-15,27H2,1H3,(H,28,31)(H2,29,30,32)/t24-/m1/s1. The van der Waals surface area contributed by atoms with Crippen LogP contribution in [-0.2, 0) is 11.2 Å². The number of hydrogen-bond acceptors (Lipinski definition) is 3. The third-order valence-corrected chi connectivity index (χ3v) is 5.69. The molecule has 1 atom stereocenters. The Morgan fingerprint density at radius 1 is 0.906 bits per heavy atom. The monoisotopic (exact) mass is 428 g/mol. The lowest BCUT2D eigenvalue weighted by atomic mass is 10.1. The smallest absolute Gasteiger partial charge is 0.319 e. The first-order chi connectivity index (χ1) is 15.5. The van der Waals surface area contributed by atoms with Gasteiger partial charge in [-0.3, -0.25) is 4.79 Å². The van der Waals surface area contributed by atoms with Crippen LogP contribution in [0.3, 0.4) is 0 Å². The highest BCUT2D eigenvalue weighted by Gasteiger charge is 2.22. The van der Waals surface area contributed by atoms with Crippen LogP contribution in [0.25, 0.3) is 11.1 Å². The summed E-state index contributed by atoms with van der Waals surface area (Å²) in [5.41, 5.74) is 13.0. The van der Waals surface area contributed by atoms with Gasteiger partial charge in [0.05, 0.1) is 0 Å². The highest BCUT2D eigenvalue weighted by molar-refractivity contribution is 5.99. The molecule has 0 bridgehead atoms. The second-order valence-corrected chi connectivity index (χ2v) is 8.14. The molecule has 3 aromatic rings. The minimum atomic E-state index is -0.682. The van der Waals surface area contributed by atoms with E-state index < -0.39 is 12.1 Å². The molecule has 32 heavy (non-hydrogen) atoms. The van der Waals surface area contributed by atoms with Crippen LogP contribution in [0.15, 0.2) is 66.7 Å². The number of benzene rings is 3. The molecule has 3 amide bonds. The predicted molar refractivity (Wildman–Crippen MR) is 129 cm³/mol. The van der Waals surface area contributed by atoms with Crippen LogP contribution in [0, 0.1) is 6.92 Å². The Morgan fingerprint density at radius 3 is 2.41 bits per heavy atom. The van der Waals surface area contributed by atoms with E-state index in [1.165, 1.54) is 22.3 Å². The van der Waals surface area contributed by atoms with Gasteiger partial charge < -0.3 is 21.7 Å². The Morgan fingerprint density at radius 2 is 1.62 bits per heavy atom. The molecule has 0 unspecified atom stereocenters. The number of anilines is 2. The van der Waals surface area contributed by atoms with E-state index in [0.717, 1.165) is 12.0 Å². The van der Waals surface area contributed by atoms with Gasteiger partial charge in [0.2, 0.25) is 5.91 Å². The molecule has 0 fully saturated rings. The lowest BCUT2D eigenvalue weighted by molar-refractivity contribution is -0.118. The Labute approximate surface area is 188 Å². The summed E-state index contributed by atoms with van der Waals surface area (Å²) in [5, 5.41) is 8.54. The number of hydrogen-bond donors (Lipinski definition) is 4. The summed E-state index contributed by atoms with van der Waals surface area (Å²) < 4.78 is 0. The van der Waals surface area contributed by atoms with Gasteiger partial charge in [-0.2, -0.15) is 0 Å². The van der Waals surface area contributed by atoms with E-state index in [4.69, 9.17) is 5.73 Å². The number of nitrogens with one attached hydrogen (secondary N) is 3. The van der Waals surface area contributed by atoms with Crippen molar-refractivity contribution in [2.75, 3.05) is 17.2 Å². The molecule has 6 nitrogen and oxygen atoms in total. The second-order valence-electron chi connectivity index (χ2n) is 8.14. The van der Waals surface area contributed by atoms with Crippen LogP contribution in [-0.4, -0.2) is 24.5 Å². The van der Waals surface area contributed by atoms with E-state index in [2.05, 4.69) is 28.1 Å². The van der Waals surface area contributed by atoms with Crippen LogP contribution in [0.4, 0.5) is 16.2 Å². The van der Waals surface area contributed by atoms with Crippen molar-refractivity contribution in [2.24, 2.45) is 5.73 Å². The minimum Gasteiger partial charge on any atom is -0.330 e. The van der Waals surface area contributed by atoms with Gasteiger partial charge in [-0.15, -0.1) is 0 Å². The molecule has 4 rings (SSSR count). The summed E-state index contributed by atoms with van der Waals surface area (Å²) in [6.07, 6.45) is 1.94. The van der Waals surface area contributed by atoms with E-state index in [0.29, 0.717) is 30.8 Å². The maximum Gasteiger partial charge on any atom is 0.319 e. The zero-order valence-corrected chi connectivity index (χ0v) is 18.2. The maximum atomic E-state index is 12.8. The number of urea groups is 1. The lowest BCUT2D eigenvalue weighted by Crippen LogP contribution is -2.45. The number of carbonyl (C=O) groups is 2. The molecular formula is C26H28N4O2.